The molecule has 0 saturated heterocycles. The number of thiocarbonyl (C=S) groups is 1. The van der Waals surface area contributed by atoms with Gasteiger partial charge in [-0.15, -0.1) is 0 Å². The highest BCUT2D eigenvalue weighted by atomic mass is 35.5. The Kier molecular flexibility index (Phi) is 5.46. The number of carbonyl (C=O) groups is 1. The molecule has 0 fully saturated rings. The SMILES string of the molecule is Cc1cc(C)c2oc(-c3ccc(Cl)c(NC(=S)NC(=O)C(C)(C)C)c3)nc2c1. The van der Waals surface area contributed by atoms with Gasteiger partial charge in [-0.2, -0.15) is 0 Å². The number of fused-ring (bicyclic) bond motifs is 1. The van der Waals surface area contributed by atoms with Gasteiger partial charge in [0.2, 0.25) is 11.8 Å². The minimum atomic E-state index is -0.550. The van der Waals surface area contributed by atoms with Crippen molar-refractivity contribution >= 4 is 51.6 Å². The van der Waals surface area contributed by atoms with E-state index in [9.17, 15) is 4.79 Å². The van der Waals surface area contributed by atoms with Crippen molar-refractivity contribution in [3.8, 4) is 11.5 Å². The number of rotatable bonds is 2. The van der Waals surface area contributed by atoms with Crippen LogP contribution in [0, 0.1) is 19.3 Å². The van der Waals surface area contributed by atoms with Gasteiger partial charge in [0.05, 0.1) is 10.7 Å². The normalized spacial score (nSPS) is 11.5. The van der Waals surface area contributed by atoms with Gasteiger partial charge in [0, 0.05) is 11.0 Å². The molecule has 2 aromatic carbocycles. The molecule has 0 bridgehead atoms. The van der Waals surface area contributed by atoms with Crippen molar-refractivity contribution < 1.29 is 9.21 Å². The highest BCUT2D eigenvalue weighted by Gasteiger charge is 2.22. The van der Waals surface area contributed by atoms with Crippen LogP contribution >= 0.6 is 23.8 Å². The number of halogens is 1. The maximum Gasteiger partial charge on any atom is 0.231 e. The molecule has 1 heterocycles. The number of amides is 1. The van der Waals surface area contributed by atoms with E-state index in [1.54, 1.807) is 12.1 Å². The largest absolute Gasteiger partial charge is 0.436 e. The second-order valence-electron chi connectivity index (χ2n) is 7.80. The Morgan fingerprint density at radius 1 is 1.18 bits per heavy atom. The Morgan fingerprint density at radius 3 is 2.57 bits per heavy atom. The lowest BCUT2D eigenvalue weighted by Crippen LogP contribution is -2.41. The number of oxazole rings is 1. The molecule has 5 nitrogen and oxygen atoms in total. The van der Waals surface area contributed by atoms with E-state index >= 15 is 0 Å². The summed E-state index contributed by atoms with van der Waals surface area (Å²) in [5, 5.41) is 6.30. The van der Waals surface area contributed by atoms with Crippen molar-refractivity contribution in [2.24, 2.45) is 5.41 Å². The van der Waals surface area contributed by atoms with E-state index in [0.717, 1.165) is 27.8 Å². The van der Waals surface area contributed by atoms with Gasteiger partial charge >= 0.3 is 0 Å². The molecule has 1 aromatic heterocycles. The quantitative estimate of drug-likeness (QED) is 0.531. The van der Waals surface area contributed by atoms with Crippen molar-refractivity contribution in [2.45, 2.75) is 34.6 Å². The smallest absolute Gasteiger partial charge is 0.231 e. The molecular weight excluding hydrogens is 394 g/mol. The van der Waals surface area contributed by atoms with E-state index in [-0.39, 0.29) is 11.0 Å². The van der Waals surface area contributed by atoms with E-state index in [2.05, 4.69) is 21.7 Å². The van der Waals surface area contributed by atoms with Gasteiger partial charge in [-0.05, 0) is 61.5 Å². The molecule has 0 radical (unpaired) electrons. The summed E-state index contributed by atoms with van der Waals surface area (Å²) in [5.74, 6) is 0.315. The Bertz CT molecular complexity index is 1080. The molecule has 1 amide bonds. The third-order valence-corrected chi connectivity index (χ3v) is 4.72. The molecule has 0 atom stereocenters. The summed E-state index contributed by atoms with van der Waals surface area (Å²) in [7, 11) is 0. The lowest BCUT2D eigenvalue weighted by molar-refractivity contribution is -0.126. The lowest BCUT2D eigenvalue weighted by atomic mass is 9.96. The van der Waals surface area contributed by atoms with E-state index in [0.29, 0.717) is 16.6 Å². The minimum Gasteiger partial charge on any atom is -0.436 e. The van der Waals surface area contributed by atoms with Crippen LogP contribution in [0.5, 0.6) is 0 Å². The summed E-state index contributed by atoms with van der Waals surface area (Å²) in [6.45, 7) is 9.47. The standard InChI is InChI=1S/C21H22ClN3O2S/c1-11-8-12(2)17-16(9-11)23-18(27-17)13-6-7-14(22)15(10-13)24-20(28)25-19(26)21(3,4)5/h6-10H,1-5H3,(H2,24,25,26,28). The van der Waals surface area contributed by atoms with Crippen molar-refractivity contribution in [1.29, 1.82) is 0 Å². The molecule has 3 aromatic rings. The first-order valence-electron chi connectivity index (χ1n) is 8.85. The van der Waals surface area contributed by atoms with Gasteiger partial charge in [-0.1, -0.05) is 38.4 Å². The van der Waals surface area contributed by atoms with Gasteiger partial charge in [0.15, 0.2) is 10.7 Å². The monoisotopic (exact) mass is 415 g/mol. The van der Waals surface area contributed by atoms with Gasteiger partial charge in [0.1, 0.15) is 5.52 Å². The van der Waals surface area contributed by atoms with E-state index in [1.165, 1.54) is 0 Å². The molecule has 3 rings (SSSR count). The fourth-order valence-corrected chi connectivity index (χ4v) is 3.07. The first kappa shape index (κ1) is 20.3. The molecule has 7 heteroatoms. The lowest BCUT2D eigenvalue weighted by Gasteiger charge is -2.19. The maximum absolute atomic E-state index is 12.1. The number of nitrogens with zero attached hydrogens (tertiary/aromatic N) is 1. The summed E-state index contributed by atoms with van der Waals surface area (Å²) >= 11 is 11.5. The zero-order valence-electron chi connectivity index (χ0n) is 16.4. The number of anilines is 1. The van der Waals surface area contributed by atoms with Crippen LogP contribution in [0.3, 0.4) is 0 Å². The van der Waals surface area contributed by atoms with E-state index in [4.69, 9.17) is 28.2 Å². The number of aryl methyl sites for hydroxylation is 2. The number of hydrogen-bond donors (Lipinski definition) is 2. The summed E-state index contributed by atoms with van der Waals surface area (Å²) in [6.07, 6.45) is 0. The number of hydrogen-bond acceptors (Lipinski definition) is 4. The van der Waals surface area contributed by atoms with Crippen molar-refractivity contribution in [1.82, 2.24) is 10.3 Å². The van der Waals surface area contributed by atoms with Crippen LogP contribution < -0.4 is 10.6 Å². The topological polar surface area (TPSA) is 67.2 Å². The maximum atomic E-state index is 12.1. The number of aromatic nitrogens is 1. The minimum absolute atomic E-state index is 0.179. The molecule has 146 valence electrons. The Labute approximate surface area is 174 Å². The molecular formula is C21H22ClN3O2S. The van der Waals surface area contributed by atoms with Crippen LogP contribution in [0.15, 0.2) is 34.7 Å². The zero-order valence-corrected chi connectivity index (χ0v) is 18.0. The summed E-state index contributed by atoms with van der Waals surface area (Å²) in [4.78, 5) is 16.7. The first-order valence-corrected chi connectivity index (χ1v) is 9.63. The van der Waals surface area contributed by atoms with Crippen LogP contribution in [-0.4, -0.2) is 16.0 Å². The third kappa shape index (κ3) is 4.34. The predicted octanol–water partition coefficient (Wildman–Crippen LogP) is 5.62. The fraction of sp³-hybridized carbons (Fsp3) is 0.286. The Morgan fingerprint density at radius 2 is 1.89 bits per heavy atom. The second-order valence-corrected chi connectivity index (χ2v) is 8.62. The fourth-order valence-electron chi connectivity index (χ4n) is 2.70. The highest BCUT2D eigenvalue weighted by Crippen LogP contribution is 2.31. The van der Waals surface area contributed by atoms with Gasteiger partial charge in [-0.25, -0.2) is 4.98 Å². The number of carbonyl (C=O) groups excluding carboxylic acids is 1. The molecule has 0 unspecified atom stereocenters. The highest BCUT2D eigenvalue weighted by molar-refractivity contribution is 7.80. The van der Waals surface area contributed by atoms with Crippen molar-refractivity contribution in [2.75, 3.05) is 5.32 Å². The van der Waals surface area contributed by atoms with E-state index < -0.39 is 5.41 Å². The summed E-state index contributed by atoms with van der Waals surface area (Å²) < 4.78 is 5.96. The van der Waals surface area contributed by atoms with Crippen LogP contribution in [0.4, 0.5) is 5.69 Å². The van der Waals surface area contributed by atoms with Crippen LogP contribution in [0.2, 0.25) is 5.02 Å². The second kappa shape index (κ2) is 7.53. The van der Waals surface area contributed by atoms with Gasteiger partial charge in [0.25, 0.3) is 0 Å². The molecule has 0 aliphatic rings. The van der Waals surface area contributed by atoms with E-state index in [1.807, 2.05) is 46.8 Å². The van der Waals surface area contributed by atoms with Crippen molar-refractivity contribution in [3.63, 3.8) is 0 Å². The Hall–Kier alpha value is -2.44. The molecule has 0 aliphatic carbocycles. The zero-order chi connectivity index (χ0) is 20.6. The number of benzene rings is 2. The number of nitrogens with one attached hydrogen (secondary N) is 2. The molecule has 0 saturated carbocycles. The molecule has 28 heavy (non-hydrogen) atoms. The molecule has 2 N–H and O–H groups in total. The molecule has 0 spiro atoms. The van der Waals surface area contributed by atoms with Crippen molar-refractivity contribution in [3.05, 3.63) is 46.5 Å². The van der Waals surface area contributed by atoms with Gasteiger partial charge < -0.3 is 15.1 Å². The van der Waals surface area contributed by atoms with Crippen LogP contribution in [-0.2, 0) is 4.79 Å². The molecule has 0 aliphatic heterocycles. The first-order chi connectivity index (χ1) is 13.0. The average Bonchev–Trinajstić information content (AvgIpc) is 3.00. The van der Waals surface area contributed by atoms with Crippen LogP contribution in [0.1, 0.15) is 31.9 Å². The summed E-state index contributed by atoms with van der Waals surface area (Å²) in [5.41, 5.74) is 4.50. The average molecular weight is 416 g/mol. The van der Waals surface area contributed by atoms with Gasteiger partial charge in [-0.3, -0.25) is 4.79 Å². The summed E-state index contributed by atoms with van der Waals surface area (Å²) in [6, 6.07) is 9.41. The van der Waals surface area contributed by atoms with Crippen LogP contribution in [0.25, 0.3) is 22.6 Å². The third-order valence-electron chi connectivity index (χ3n) is 4.19. The Balaban J connectivity index is 1.89. The predicted molar refractivity (Wildman–Crippen MR) is 118 cm³/mol.